The second kappa shape index (κ2) is 15.7. The van der Waals surface area contributed by atoms with Crippen molar-refractivity contribution < 1.29 is 0 Å². The Labute approximate surface area is 65.0 Å². The first-order valence-electron chi connectivity index (χ1n) is 3.68. The Morgan fingerprint density at radius 1 is 1.30 bits per heavy atom. The van der Waals surface area contributed by atoms with E-state index in [1.54, 1.807) is 6.08 Å². The van der Waals surface area contributed by atoms with Crippen molar-refractivity contribution in [1.29, 1.82) is 0 Å². The van der Waals surface area contributed by atoms with Crippen LogP contribution in [-0.4, -0.2) is 0 Å². The molecular formula is C10H18. The molecule has 0 atom stereocenters. The van der Waals surface area contributed by atoms with Crippen LogP contribution in [0, 0.1) is 0 Å². The van der Waals surface area contributed by atoms with E-state index in [4.69, 9.17) is 0 Å². The van der Waals surface area contributed by atoms with Gasteiger partial charge < -0.3 is 0 Å². The molecule has 10 heavy (non-hydrogen) atoms. The van der Waals surface area contributed by atoms with Crippen molar-refractivity contribution in [3.05, 3.63) is 37.5 Å². The highest BCUT2D eigenvalue weighted by atomic mass is 13.7. The standard InChI is InChI=1S/C5H10.C5H8/c2*1-3-5-4-2/h3H,1,4-5H2,2H3;3-5H,1H2,2H3/b;5-4-. The van der Waals surface area contributed by atoms with Gasteiger partial charge in [-0.1, -0.05) is 44.2 Å². The lowest BCUT2D eigenvalue weighted by atomic mass is 10.3. The molecule has 0 unspecified atom stereocenters. The lowest BCUT2D eigenvalue weighted by Crippen LogP contribution is -1.52. The van der Waals surface area contributed by atoms with Gasteiger partial charge in [0.05, 0.1) is 0 Å². The van der Waals surface area contributed by atoms with E-state index >= 15 is 0 Å². The maximum Gasteiger partial charge on any atom is -0.0356 e. The molecule has 0 amide bonds. The zero-order valence-corrected chi connectivity index (χ0v) is 7.14. The molecule has 0 heteroatoms. The van der Waals surface area contributed by atoms with Gasteiger partial charge in [0.1, 0.15) is 0 Å². The Bertz CT molecular complexity index is 88.2. The van der Waals surface area contributed by atoms with Crippen LogP contribution in [0.5, 0.6) is 0 Å². The van der Waals surface area contributed by atoms with Gasteiger partial charge in [-0.05, 0) is 13.3 Å². The first kappa shape index (κ1) is 12.0. The molecule has 0 fully saturated rings. The molecule has 0 heterocycles. The van der Waals surface area contributed by atoms with E-state index in [1.165, 1.54) is 6.42 Å². The van der Waals surface area contributed by atoms with Crippen molar-refractivity contribution in [2.45, 2.75) is 26.7 Å². The smallest absolute Gasteiger partial charge is 0.0356 e. The average Bonchev–Trinajstić information content (AvgIpc) is 1.93. The summed E-state index contributed by atoms with van der Waals surface area (Å²) in [7, 11) is 0. The molecule has 0 radical (unpaired) electrons. The van der Waals surface area contributed by atoms with Crippen molar-refractivity contribution >= 4 is 0 Å². The molecular weight excluding hydrogens is 120 g/mol. The van der Waals surface area contributed by atoms with Crippen LogP contribution in [0.1, 0.15) is 26.7 Å². The maximum atomic E-state index is 3.55. The first-order chi connectivity index (χ1) is 4.83. The second-order valence-electron chi connectivity index (χ2n) is 1.84. The normalized spacial score (nSPS) is 8.20. The van der Waals surface area contributed by atoms with E-state index in [0.717, 1.165) is 6.42 Å². The van der Waals surface area contributed by atoms with Gasteiger partial charge >= 0.3 is 0 Å². The number of allylic oxidation sites excluding steroid dienone is 4. The van der Waals surface area contributed by atoms with Gasteiger partial charge in [-0.15, -0.1) is 6.58 Å². The summed E-state index contributed by atoms with van der Waals surface area (Å²) in [6, 6.07) is 0. The molecule has 0 bridgehead atoms. The fourth-order valence-corrected chi connectivity index (χ4v) is 0.340. The Hall–Kier alpha value is -0.780. The van der Waals surface area contributed by atoms with Crippen LogP contribution in [0.2, 0.25) is 0 Å². The van der Waals surface area contributed by atoms with Crippen molar-refractivity contribution in [2.75, 3.05) is 0 Å². The van der Waals surface area contributed by atoms with Gasteiger partial charge in [0.2, 0.25) is 0 Å². The summed E-state index contributed by atoms with van der Waals surface area (Å²) in [6.45, 7) is 11.1. The quantitative estimate of drug-likeness (QED) is 0.412. The fraction of sp³-hybridized carbons (Fsp3) is 0.400. The molecule has 0 aromatic rings. The van der Waals surface area contributed by atoms with Crippen molar-refractivity contribution in [3.8, 4) is 0 Å². The molecule has 58 valence electrons. The first-order valence-corrected chi connectivity index (χ1v) is 3.68. The van der Waals surface area contributed by atoms with E-state index in [2.05, 4.69) is 20.1 Å². The van der Waals surface area contributed by atoms with E-state index in [1.807, 2.05) is 25.2 Å². The summed E-state index contributed by atoms with van der Waals surface area (Å²) in [5, 5.41) is 0. The number of rotatable bonds is 3. The minimum absolute atomic E-state index is 1.15. The Kier molecular flexibility index (Phi) is 18.8. The molecule has 0 aliphatic rings. The second-order valence-corrected chi connectivity index (χ2v) is 1.84. The highest BCUT2D eigenvalue weighted by Crippen LogP contribution is 1.82. The van der Waals surface area contributed by atoms with Crippen LogP contribution in [0.4, 0.5) is 0 Å². The Morgan fingerprint density at radius 2 is 1.90 bits per heavy atom. The van der Waals surface area contributed by atoms with Crippen LogP contribution in [-0.2, 0) is 0 Å². The van der Waals surface area contributed by atoms with Crippen molar-refractivity contribution in [3.63, 3.8) is 0 Å². The lowest BCUT2D eigenvalue weighted by molar-refractivity contribution is 0.961. The summed E-state index contributed by atoms with van der Waals surface area (Å²) in [5.41, 5.74) is 0. The highest BCUT2D eigenvalue weighted by Gasteiger charge is 1.61. The molecule has 0 spiro atoms. The van der Waals surface area contributed by atoms with Gasteiger partial charge in [-0.25, -0.2) is 0 Å². The van der Waals surface area contributed by atoms with Crippen LogP contribution >= 0.6 is 0 Å². The number of unbranched alkanes of at least 4 members (excludes halogenated alkanes) is 1. The highest BCUT2D eigenvalue weighted by molar-refractivity contribution is 4.94. The van der Waals surface area contributed by atoms with Gasteiger partial charge in [0, 0.05) is 0 Å². The summed E-state index contributed by atoms with van der Waals surface area (Å²) >= 11 is 0. The monoisotopic (exact) mass is 138 g/mol. The minimum atomic E-state index is 1.15. The van der Waals surface area contributed by atoms with Crippen LogP contribution in [0.3, 0.4) is 0 Å². The van der Waals surface area contributed by atoms with Crippen LogP contribution in [0.25, 0.3) is 0 Å². The molecule has 0 aromatic heterocycles. The minimum Gasteiger partial charge on any atom is -0.103 e. The Balaban J connectivity index is 0. The van der Waals surface area contributed by atoms with Crippen molar-refractivity contribution in [2.24, 2.45) is 0 Å². The molecule has 0 aromatic carbocycles. The molecule has 0 saturated carbocycles. The summed E-state index contributed by atoms with van der Waals surface area (Å²) in [4.78, 5) is 0. The van der Waals surface area contributed by atoms with Crippen molar-refractivity contribution in [1.82, 2.24) is 0 Å². The number of hydrogen-bond donors (Lipinski definition) is 0. The summed E-state index contributed by atoms with van der Waals surface area (Å²) < 4.78 is 0. The third-order valence-corrected chi connectivity index (χ3v) is 0.821. The van der Waals surface area contributed by atoms with Crippen LogP contribution < -0.4 is 0 Å². The predicted octanol–water partition coefficient (Wildman–Crippen LogP) is 3.72. The van der Waals surface area contributed by atoms with Gasteiger partial charge in [0.25, 0.3) is 0 Å². The fourth-order valence-electron chi connectivity index (χ4n) is 0.340. The van der Waals surface area contributed by atoms with E-state index in [9.17, 15) is 0 Å². The zero-order valence-electron chi connectivity index (χ0n) is 7.14. The third kappa shape index (κ3) is 26.9. The maximum absolute atomic E-state index is 3.55. The largest absolute Gasteiger partial charge is 0.103 e. The van der Waals surface area contributed by atoms with Gasteiger partial charge in [-0.3, -0.25) is 0 Å². The summed E-state index contributed by atoms with van der Waals surface area (Å²) in [5.74, 6) is 0. The summed E-state index contributed by atoms with van der Waals surface area (Å²) in [6.07, 6.45) is 9.89. The van der Waals surface area contributed by atoms with E-state index in [-0.39, 0.29) is 0 Å². The van der Waals surface area contributed by atoms with E-state index in [0.29, 0.717) is 0 Å². The van der Waals surface area contributed by atoms with Gasteiger partial charge in [-0.2, -0.15) is 0 Å². The molecule has 0 aliphatic carbocycles. The van der Waals surface area contributed by atoms with Gasteiger partial charge in [0.15, 0.2) is 0 Å². The van der Waals surface area contributed by atoms with E-state index < -0.39 is 0 Å². The topological polar surface area (TPSA) is 0 Å². The molecule has 0 nitrogen and oxygen atoms in total. The molecule has 0 aliphatic heterocycles. The Morgan fingerprint density at radius 3 is 1.90 bits per heavy atom. The molecule has 0 rings (SSSR count). The number of hydrogen-bond acceptors (Lipinski definition) is 0. The lowest BCUT2D eigenvalue weighted by Gasteiger charge is -1.72. The third-order valence-electron chi connectivity index (χ3n) is 0.821. The zero-order chi connectivity index (χ0) is 8.24. The SMILES string of the molecule is C=C/C=C\C.C=CCCC. The predicted molar refractivity (Wildman–Crippen MR) is 50.1 cm³/mol. The average molecular weight is 138 g/mol. The molecule has 0 saturated heterocycles. The molecule has 0 N–H and O–H groups in total. The van der Waals surface area contributed by atoms with Crippen LogP contribution in [0.15, 0.2) is 37.5 Å².